The topological polar surface area (TPSA) is 81.7 Å². The van der Waals surface area contributed by atoms with Gasteiger partial charge in [0.2, 0.25) is 0 Å². The van der Waals surface area contributed by atoms with E-state index in [1.165, 1.54) is 28.2 Å². The molecule has 0 aliphatic carbocycles. The first kappa shape index (κ1) is 53.3. The van der Waals surface area contributed by atoms with Gasteiger partial charge in [0.1, 0.15) is 0 Å². The Kier molecular flexibility index (Phi) is 29.9. The molecular formula is C52H61ClN3O3P2Ru+3. The van der Waals surface area contributed by atoms with Crippen molar-refractivity contribution in [3.05, 3.63) is 223 Å². The van der Waals surface area contributed by atoms with Gasteiger partial charge in [-0.1, -0.05) is 140 Å². The van der Waals surface area contributed by atoms with Crippen molar-refractivity contribution in [1.29, 1.82) is 0 Å². The van der Waals surface area contributed by atoms with Crippen molar-refractivity contribution >= 4 is 65.5 Å². The van der Waals surface area contributed by atoms with Gasteiger partial charge in [0.25, 0.3) is 5.91 Å². The van der Waals surface area contributed by atoms with Gasteiger partial charge in [-0.3, -0.25) is 11.6 Å². The van der Waals surface area contributed by atoms with Crippen LogP contribution in [-0.4, -0.2) is 64.0 Å². The summed E-state index contributed by atoms with van der Waals surface area (Å²) in [4.78, 5) is 21.5. The minimum atomic E-state index is -0.706. The molecule has 0 spiro atoms. The zero-order valence-corrected chi connectivity index (χ0v) is 40.4. The van der Waals surface area contributed by atoms with Crippen molar-refractivity contribution in [2.45, 2.75) is 6.61 Å². The summed E-state index contributed by atoms with van der Waals surface area (Å²) in [6.45, 7) is 8.03. The van der Waals surface area contributed by atoms with E-state index in [1.807, 2.05) is 128 Å². The van der Waals surface area contributed by atoms with Gasteiger partial charge in [0, 0.05) is 52.0 Å². The van der Waals surface area contributed by atoms with E-state index in [0.717, 1.165) is 30.0 Å². The first-order chi connectivity index (χ1) is 30.5. The summed E-state index contributed by atoms with van der Waals surface area (Å²) in [6, 6.07) is 71.5. The van der Waals surface area contributed by atoms with E-state index < -0.39 is 15.8 Å². The Balaban J connectivity index is 0.000000310. The predicted octanol–water partition coefficient (Wildman–Crippen LogP) is 9.63. The van der Waals surface area contributed by atoms with E-state index in [9.17, 15) is 4.79 Å². The Morgan fingerprint density at radius 3 is 1.35 bits per heavy atom. The summed E-state index contributed by atoms with van der Waals surface area (Å²) >= 11 is 1.62. The molecule has 0 aromatic heterocycles. The van der Waals surface area contributed by atoms with Crippen molar-refractivity contribution in [2.75, 3.05) is 56.4 Å². The molecular weight excluding hydrogens is 913 g/mol. The molecule has 324 valence electrons. The third-order valence-electron chi connectivity index (χ3n) is 9.30. The average molecular weight is 975 g/mol. The number of carbonyl (C=O) groups excluding carboxylic acids is 2. The van der Waals surface area contributed by atoms with Crippen LogP contribution in [0.15, 0.2) is 212 Å². The van der Waals surface area contributed by atoms with E-state index in [2.05, 4.69) is 125 Å². The Morgan fingerprint density at radius 1 is 0.581 bits per heavy atom. The molecule has 7 aromatic rings. The minimum absolute atomic E-state index is 0.00630. The molecule has 0 heterocycles. The fraction of sp³-hybridized carbons (Fsp3) is 0.154. The Labute approximate surface area is 387 Å². The molecule has 62 heavy (non-hydrogen) atoms. The second-order valence-corrected chi connectivity index (χ2v) is 18.7. The number of aliphatic hydroxyl groups excluding tert-OH is 1. The summed E-state index contributed by atoms with van der Waals surface area (Å²) in [5.41, 5.74) is 3.73. The number of anilines is 2. The molecule has 1 atom stereocenters. The number of hydrogen-bond acceptors (Lipinski definition) is 5. The van der Waals surface area contributed by atoms with Crippen molar-refractivity contribution in [1.82, 2.24) is 5.32 Å². The fourth-order valence-corrected chi connectivity index (χ4v) is 10.1. The molecule has 1 unspecified atom stereocenters. The normalized spacial score (nSPS) is 10.1. The number of amides is 1. The summed E-state index contributed by atoms with van der Waals surface area (Å²) < 4.78 is 0. The number of benzene rings is 7. The quantitative estimate of drug-likeness (QED) is 0.0353. The third kappa shape index (κ3) is 21.3. The first-order valence-electron chi connectivity index (χ1n) is 20.2. The fourth-order valence-electron chi connectivity index (χ4n) is 5.95. The molecule has 10 heteroatoms. The summed E-state index contributed by atoms with van der Waals surface area (Å²) in [5.74, 6) is 0.00630. The average Bonchev–Trinajstić information content (AvgIpc) is 3.38. The van der Waals surface area contributed by atoms with Crippen LogP contribution in [-0.2, 0) is 28.7 Å². The van der Waals surface area contributed by atoms with Crippen molar-refractivity contribution < 1.29 is 32.0 Å². The second kappa shape index (κ2) is 34.7. The van der Waals surface area contributed by atoms with Crippen LogP contribution in [0.25, 0.3) is 0 Å². The molecule has 0 aliphatic rings. The van der Waals surface area contributed by atoms with E-state index in [1.54, 1.807) is 29.3 Å². The van der Waals surface area contributed by atoms with E-state index in [4.69, 9.17) is 9.90 Å². The van der Waals surface area contributed by atoms with E-state index in [-0.39, 0.29) is 12.5 Å². The first-order valence-corrected chi connectivity index (χ1v) is 26.5. The predicted molar refractivity (Wildman–Crippen MR) is 271 cm³/mol. The SMILES string of the molecule is CN(C(=O)c1ccccc1)c1ccccc1.CNc1ccccc1.C[PH+](CCNCC[PH+](c1ccccc1)c1ccccc1)c1ccccc1.OCc1ccccc1.[CH-]=O.[Cl][RuH+2]. The zero-order chi connectivity index (χ0) is 45.0. The summed E-state index contributed by atoms with van der Waals surface area (Å²) in [6.07, 6.45) is 2.52. The second-order valence-electron chi connectivity index (χ2n) is 13.4. The standard InChI is InChI=1S/C23H27NP2.C14H13NO.C7H9N.C7H8O.CHO.ClH.Ru.H/c1-25(21-11-5-2-6-12-21)19-17-24-18-20-26(22-13-7-3-8-14-22)23-15-9-4-10-16-23;1-15(13-10-6-3-7-11-13)14(16)12-8-4-2-5-9-12;1-8-7-5-3-2-4-6-7;8-6-7-4-2-1-3-5-7;1-2;;;/h2-16,24H,17-20H2,1H3;2-11H,1H3;2-6,8H,1H3;1-5,8H,6H2;1H;1H;;/q;;;;-1;;+3;/p+1. The van der Waals surface area contributed by atoms with Crippen LogP contribution in [0, 0.1) is 0 Å². The van der Waals surface area contributed by atoms with Crippen LogP contribution in [0.3, 0.4) is 0 Å². The van der Waals surface area contributed by atoms with Gasteiger partial charge in [-0.15, -0.1) is 0 Å². The number of nitrogens with one attached hydrogen (secondary N) is 2. The molecule has 6 nitrogen and oxygen atoms in total. The molecule has 0 saturated heterocycles. The molecule has 7 aromatic carbocycles. The van der Waals surface area contributed by atoms with Crippen molar-refractivity contribution in [2.24, 2.45) is 0 Å². The van der Waals surface area contributed by atoms with Crippen LogP contribution in [0.4, 0.5) is 11.4 Å². The van der Waals surface area contributed by atoms with Crippen molar-refractivity contribution in [3.63, 3.8) is 0 Å². The Bertz CT molecular complexity index is 2020. The molecule has 1 amide bonds. The van der Waals surface area contributed by atoms with Crippen molar-refractivity contribution in [3.8, 4) is 0 Å². The number of nitrogens with zero attached hydrogens (tertiary/aromatic N) is 1. The number of carbonyl (C=O) groups is 1. The maximum atomic E-state index is 12.1. The number of hydrogen-bond donors (Lipinski definition) is 3. The molecule has 7 rings (SSSR count). The zero-order valence-electron chi connectivity index (χ0n) is 35.8. The molecule has 0 aliphatic heterocycles. The Morgan fingerprint density at radius 2 is 0.952 bits per heavy atom. The van der Waals surface area contributed by atoms with Crippen LogP contribution in [0.2, 0.25) is 0 Å². The molecule has 0 fully saturated rings. The number of aliphatic hydroxyl groups is 1. The van der Waals surface area contributed by atoms with Gasteiger partial charge in [0.15, 0.2) is 0 Å². The molecule has 3 N–H and O–H groups in total. The van der Waals surface area contributed by atoms with Crippen LogP contribution in [0.1, 0.15) is 15.9 Å². The van der Waals surface area contributed by atoms with Gasteiger partial charge in [0.05, 0.1) is 49.4 Å². The van der Waals surface area contributed by atoms with E-state index >= 15 is 0 Å². The van der Waals surface area contributed by atoms with Crippen LogP contribution >= 0.6 is 25.5 Å². The molecule has 0 bridgehead atoms. The van der Waals surface area contributed by atoms with Gasteiger partial charge < -0.3 is 25.4 Å². The van der Waals surface area contributed by atoms with Gasteiger partial charge in [-0.25, -0.2) is 0 Å². The molecule has 0 radical (unpaired) electrons. The number of para-hydroxylation sites is 2. The maximum absolute atomic E-state index is 12.1. The van der Waals surface area contributed by atoms with Gasteiger partial charge in [-0.05, 0) is 78.4 Å². The van der Waals surface area contributed by atoms with E-state index in [0.29, 0.717) is 5.56 Å². The summed E-state index contributed by atoms with van der Waals surface area (Å²) in [7, 11) is 7.17. The van der Waals surface area contributed by atoms with Crippen LogP contribution in [0.5, 0.6) is 0 Å². The summed E-state index contributed by atoms with van der Waals surface area (Å²) in [5, 5.41) is 19.8. The number of halogens is 1. The Hall–Kier alpha value is -4.83. The third-order valence-corrected chi connectivity index (χ3v) is 14.4. The monoisotopic (exact) mass is 974 g/mol. The van der Waals surface area contributed by atoms with Gasteiger partial charge in [-0.2, -0.15) is 0 Å². The molecule has 0 saturated carbocycles. The number of rotatable bonds is 13. The van der Waals surface area contributed by atoms with Gasteiger partial charge >= 0.3 is 27.0 Å². The van der Waals surface area contributed by atoms with Crippen LogP contribution < -0.4 is 31.4 Å².